The minimum atomic E-state index is -0.554. The van der Waals surface area contributed by atoms with E-state index >= 15 is 0 Å². The van der Waals surface area contributed by atoms with Gasteiger partial charge in [-0.25, -0.2) is 0 Å². The lowest BCUT2D eigenvalue weighted by molar-refractivity contribution is -0.384. The quantitative estimate of drug-likeness (QED) is 0.199. The summed E-state index contributed by atoms with van der Waals surface area (Å²) in [6.07, 6.45) is 1.13. The van der Waals surface area contributed by atoms with Gasteiger partial charge < -0.3 is 29.1 Å². The number of nitrogens with two attached hydrogens (primary N) is 1. The fourth-order valence-corrected chi connectivity index (χ4v) is 3.36. The summed E-state index contributed by atoms with van der Waals surface area (Å²) in [4.78, 5) is 11.6. The Labute approximate surface area is 200 Å². The van der Waals surface area contributed by atoms with E-state index in [0.29, 0.717) is 34.1 Å². The normalized spacial score (nSPS) is 10.7. The second kappa shape index (κ2) is 10.5. The van der Waals surface area contributed by atoms with Crippen LogP contribution in [-0.2, 0) is 0 Å². The van der Waals surface area contributed by atoms with Gasteiger partial charge in [0.2, 0.25) is 5.76 Å². The molecule has 0 amide bonds. The van der Waals surface area contributed by atoms with Crippen LogP contribution < -0.4 is 30.1 Å². The highest BCUT2D eigenvalue weighted by molar-refractivity contribution is 7.80. The maximum absolute atomic E-state index is 12.2. The molecule has 0 fully saturated rings. The zero-order valence-corrected chi connectivity index (χ0v) is 19.6. The molecule has 2 aromatic carbocycles. The molecule has 3 N–H and O–H groups in total. The molecule has 0 radical (unpaired) electrons. The number of nitro groups is 1. The van der Waals surface area contributed by atoms with Crippen molar-refractivity contribution in [3.8, 4) is 45.4 Å². The molecule has 0 atom stereocenters. The van der Waals surface area contributed by atoms with Crippen LogP contribution in [0.25, 0.3) is 22.5 Å². The number of nitrogens with zero attached hydrogens (tertiary/aromatic N) is 2. The summed E-state index contributed by atoms with van der Waals surface area (Å²) in [6.45, 7) is 0. The molecule has 1 heterocycles. The topological polar surface area (TPSA) is 144 Å². The van der Waals surface area contributed by atoms with Crippen molar-refractivity contribution in [1.29, 1.82) is 0 Å². The molecule has 12 heteroatoms. The summed E-state index contributed by atoms with van der Waals surface area (Å²) < 4.78 is 27.3. The van der Waals surface area contributed by atoms with Crippen molar-refractivity contribution < 1.29 is 28.3 Å². The second-order valence-corrected chi connectivity index (χ2v) is 7.09. The number of hydrogen-bond acceptors (Lipinski definition) is 9. The van der Waals surface area contributed by atoms with Gasteiger partial charge in [0, 0.05) is 5.56 Å². The van der Waals surface area contributed by atoms with Crippen molar-refractivity contribution in [2.75, 3.05) is 28.4 Å². The van der Waals surface area contributed by atoms with Crippen LogP contribution in [0.1, 0.15) is 5.76 Å². The zero-order valence-electron chi connectivity index (χ0n) is 18.8. The number of furan rings is 1. The molecule has 0 saturated carbocycles. The molecule has 0 bridgehead atoms. The van der Waals surface area contributed by atoms with E-state index in [1.54, 1.807) is 36.4 Å². The molecular formula is C22H22N4O7S. The molecule has 1 aromatic heterocycles. The molecule has 0 unspecified atom stereocenters. The minimum Gasteiger partial charge on any atom is -0.493 e. The summed E-state index contributed by atoms with van der Waals surface area (Å²) in [5.41, 5.74) is 8.59. The number of methoxy groups -OCH3 is 4. The Morgan fingerprint density at radius 3 is 2.03 bits per heavy atom. The van der Waals surface area contributed by atoms with Crippen LogP contribution in [0.4, 0.5) is 5.69 Å². The highest BCUT2D eigenvalue weighted by atomic mass is 32.1. The third-order valence-electron chi connectivity index (χ3n) is 4.77. The van der Waals surface area contributed by atoms with Gasteiger partial charge in [-0.05, 0) is 48.1 Å². The third-order valence-corrected chi connectivity index (χ3v) is 4.86. The first kappa shape index (κ1) is 24.3. The maximum atomic E-state index is 12.2. The predicted octanol–water partition coefficient (Wildman–Crippen LogP) is 3.72. The van der Waals surface area contributed by atoms with E-state index in [0.717, 1.165) is 6.21 Å². The smallest absolute Gasteiger partial charge is 0.324 e. The van der Waals surface area contributed by atoms with Gasteiger partial charge in [0.05, 0.1) is 39.6 Å². The van der Waals surface area contributed by atoms with Crippen molar-refractivity contribution in [3.63, 3.8) is 0 Å². The van der Waals surface area contributed by atoms with Crippen LogP contribution in [0.3, 0.4) is 0 Å². The molecule has 0 saturated heterocycles. The lowest BCUT2D eigenvalue weighted by Crippen LogP contribution is -2.24. The number of hydrazone groups is 1. The summed E-state index contributed by atoms with van der Waals surface area (Å²) in [5, 5.41) is 15.9. The van der Waals surface area contributed by atoms with Crippen molar-refractivity contribution in [2.45, 2.75) is 0 Å². The van der Waals surface area contributed by atoms with Crippen molar-refractivity contribution in [1.82, 2.24) is 5.43 Å². The average molecular weight is 487 g/mol. The molecule has 0 aliphatic rings. The first-order valence-corrected chi connectivity index (χ1v) is 10.1. The summed E-state index contributed by atoms with van der Waals surface area (Å²) in [5.74, 6) is 1.84. The molecular weight excluding hydrogens is 464 g/mol. The van der Waals surface area contributed by atoms with Gasteiger partial charge >= 0.3 is 5.69 Å². The molecule has 34 heavy (non-hydrogen) atoms. The Hall–Kier alpha value is -4.32. The Morgan fingerprint density at radius 1 is 1.00 bits per heavy atom. The van der Waals surface area contributed by atoms with Gasteiger partial charge in [-0.3, -0.25) is 15.5 Å². The molecule has 3 aromatic rings. The van der Waals surface area contributed by atoms with Crippen LogP contribution >= 0.6 is 12.2 Å². The molecule has 0 aliphatic heterocycles. The van der Waals surface area contributed by atoms with E-state index in [9.17, 15) is 10.1 Å². The van der Waals surface area contributed by atoms with E-state index in [-0.39, 0.29) is 27.9 Å². The van der Waals surface area contributed by atoms with Gasteiger partial charge in [-0.15, -0.1) is 0 Å². The third kappa shape index (κ3) is 4.86. The Kier molecular flexibility index (Phi) is 7.53. The molecule has 0 spiro atoms. The molecule has 178 valence electrons. The van der Waals surface area contributed by atoms with Gasteiger partial charge in [0.1, 0.15) is 11.3 Å². The van der Waals surface area contributed by atoms with Crippen LogP contribution in [-0.4, -0.2) is 44.7 Å². The SMILES string of the molecule is COc1ccc(-c2oc(/C=N/NC(N)=S)c([N+](=O)[O-])c2-c2ccc(OC)c(OC)c2)cc1OC. The number of hydrogen-bond donors (Lipinski definition) is 2. The standard InChI is InChI=1S/C22H22N4O7S/c1-29-14-7-5-12(9-16(14)31-3)19-20(26(27)28)18(11-24-25-22(23)34)33-21(19)13-6-8-15(30-2)17(10-13)32-4/h5-11H,1-4H3,(H3,23,25,34)/b24-11+. The maximum Gasteiger partial charge on any atom is 0.324 e. The number of ether oxygens (including phenoxy) is 4. The summed E-state index contributed by atoms with van der Waals surface area (Å²) >= 11 is 4.72. The molecule has 0 aliphatic carbocycles. The van der Waals surface area contributed by atoms with Gasteiger partial charge in [0.25, 0.3) is 0 Å². The fraction of sp³-hybridized carbons (Fsp3) is 0.182. The van der Waals surface area contributed by atoms with Crippen molar-refractivity contribution >= 4 is 29.2 Å². The number of benzene rings is 2. The van der Waals surface area contributed by atoms with Crippen LogP contribution in [0.5, 0.6) is 23.0 Å². The summed E-state index contributed by atoms with van der Waals surface area (Å²) in [6, 6.07) is 9.95. The minimum absolute atomic E-state index is 0.106. The van der Waals surface area contributed by atoms with E-state index in [2.05, 4.69) is 10.5 Å². The first-order valence-electron chi connectivity index (χ1n) is 9.69. The fourth-order valence-electron chi connectivity index (χ4n) is 3.30. The van der Waals surface area contributed by atoms with Gasteiger partial charge in [-0.1, -0.05) is 6.07 Å². The number of nitrogens with one attached hydrogen (secondary N) is 1. The lowest BCUT2D eigenvalue weighted by atomic mass is 9.99. The van der Waals surface area contributed by atoms with Gasteiger partial charge in [-0.2, -0.15) is 5.10 Å². The number of thiocarbonyl (C=S) groups is 1. The Morgan fingerprint density at radius 2 is 1.53 bits per heavy atom. The monoisotopic (exact) mass is 486 g/mol. The van der Waals surface area contributed by atoms with Crippen LogP contribution in [0.15, 0.2) is 45.9 Å². The Balaban J connectivity index is 2.33. The average Bonchev–Trinajstić information content (AvgIpc) is 3.22. The Bertz CT molecular complexity index is 1260. The van der Waals surface area contributed by atoms with E-state index < -0.39 is 4.92 Å². The van der Waals surface area contributed by atoms with E-state index in [4.69, 9.17) is 41.3 Å². The van der Waals surface area contributed by atoms with Crippen molar-refractivity contribution in [2.24, 2.45) is 10.8 Å². The first-order chi connectivity index (χ1) is 16.3. The lowest BCUT2D eigenvalue weighted by Gasteiger charge is -2.11. The zero-order chi connectivity index (χ0) is 24.8. The van der Waals surface area contributed by atoms with Crippen molar-refractivity contribution in [3.05, 3.63) is 52.3 Å². The highest BCUT2D eigenvalue weighted by Crippen LogP contribution is 2.46. The van der Waals surface area contributed by atoms with Gasteiger partial charge in [0.15, 0.2) is 28.1 Å². The molecule has 11 nitrogen and oxygen atoms in total. The number of rotatable bonds is 9. The largest absolute Gasteiger partial charge is 0.493 e. The van der Waals surface area contributed by atoms with E-state index in [1.165, 1.54) is 28.4 Å². The molecule has 3 rings (SSSR count). The summed E-state index contributed by atoms with van der Waals surface area (Å²) in [7, 11) is 5.96. The van der Waals surface area contributed by atoms with E-state index in [1.807, 2.05) is 0 Å². The highest BCUT2D eigenvalue weighted by Gasteiger charge is 2.32. The van der Waals surface area contributed by atoms with Crippen LogP contribution in [0, 0.1) is 10.1 Å². The van der Waals surface area contributed by atoms with Crippen LogP contribution in [0.2, 0.25) is 0 Å². The second-order valence-electron chi connectivity index (χ2n) is 6.65. The predicted molar refractivity (Wildman–Crippen MR) is 130 cm³/mol.